The first-order chi connectivity index (χ1) is 4.20. The molecule has 0 atom stereocenters. The van der Waals surface area contributed by atoms with Gasteiger partial charge < -0.3 is 0 Å². The third-order valence-electron chi connectivity index (χ3n) is 0.999. The van der Waals surface area contributed by atoms with E-state index in [1.165, 1.54) is 0 Å². The van der Waals surface area contributed by atoms with Crippen LogP contribution in [0, 0.1) is 0 Å². The van der Waals surface area contributed by atoms with Gasteiger partial charge in [-0.3, -0.25) is 4.79 Å². The van der Waals surface area contributed by atoms with Crippen LogP contribution in [0.5, 0.6) is 0 Å². The smallest absolute Gasteiger partial charge is 0.193 e. The minimum Gasteiger partial charge on any atom is -0.289 e. The van der Waals surface area contributed by atoms with E-state index in [0.29, 0.717) is 4.48 Å². The number of hydrogen-bond acceptors (Lipinski definition) is 1. The highest BCUT2D eigenvalue weighted by molar-refractivity contribution is 9.12. The molecule has 0 unspecified atom stereocenters. The number of carbonyl (C=O) groups excluding carboxylic acids is 1. The highest BCUT2D eigenvalue weighted by Crippen LogP contribution is 2.21. The highest BCUT2D eigenvalue weighted by atomic mass is 79.9. The Kier molecular flexibility index (Phi) is 2.24. The summed E-state index contributed by atoms with van der Waals surface area (Å²) in [5, 5.41) is 0. The zero-order chi connectivity index (χ0) is 6.85. The number of hydrogen-bond donors (Lipinski definition) is 0. The number of allylic oxidation sites excluding steroid dienone is 4. The van der Waals surface area contributed by atoms with Crippen LogP contribution in [0.25, 0.3) is 0 Å². The van der Waals surface area contributed by atoms with Gasteiger partial charge in [0.25, 0.3) is 0 Å². The van der Waals surface area contributed by atoms with Crippen molar-refractivity contribution in [3.8, 4) is 0 Å². The van der Waals surface area contributed by atoms with Crippen LogP contribution in [0.1, 0.15) is 6.42 Å². The van der Waals surface area contributed by atoms with Crippen molar-refractivity contribution in [1.29, 1.82) is 0 Å². The lowest BCUT2D eigenvalue weighted by Crippen LogP contribution is -1.96. The van der Waals surface area contributed by atoms with Crippen LogP contribution in [-0.2, 0) is 4.79 Å². The van der Waals surface area contributed by atoms with Crippen LogP contribution in [0.2, 0.25) is 0 Å². The monoisotopic (exact) mass is 250 g/mol. The molecule has 48 valence electrons. The van der Waals surface area contributed by atoms with E-state index in [-0.39, 0.29) is 5.78 Å². The molecule has 0 saturated carbocycles. The fourth-order valence-corrected chi connectivity index (χ4v) is 1.20. The summed E-state index contributed by atoms with van der Waals surface area (Å²) in [5.41, 5.74) is 0. The molecule has 0 radical (unpaired) electrons. The van der Waals surface area contributed by atoms with Crippen molar-refractivity contribution >= 4 is 37.6 Å². The topological polar surface area (TPSA) is 17.1 Å². The summed E-state index contributed by atoms with van der Waals surface area (Å²) in [5.74, 6) is 0.0353. The first-order valence-electron chi connectivity index (χ1n) is 2.46. The SMILES string of the molecule is O=C1C=C(Br)CC=C1Br. The van der Waals surface area contributed by atoms with Gasteiger partial charge in [0.05, 0.1) is 4.48 Å². The molecule has 0 saturated heterocycles. The lowest BCUT2D eigenvalue weighted by atomic mass is 10.2. The van der Waals surface area contributed by atoms with E-state index in [4.69, 9.17) is 0 Å². The third-order valence-corrected chi connectivity index (χ3v) is 2.27. The fourth-order valence-electron chi connectivity index (χ4n) is 0.558. The van der Waals surface area contributed by atoms with Gasteiger partial charge in [0.2, 0.25) is 0 Å². The summed E-state index contributed by atoms with van der Waals surface area (Å²) in [6.45, 7) is 0. The Morgan fingerprint density at radius 2 is 2.11 bits per heavy atom. The molecule has 0 spiro atoms. The maximum atomic E-state index is 10.8. The van der Waals surface area contributed by atoms with Crippen molar-refractivity contribution in [2.24, 2.45) is 0 Å². The molecular formula is C6H4Br2O. The zero-order valence-electron chi connectivity index (χ0n) is 4.53. The predicted octanol–water partition coefficient (Wildman–Crippen LogP) is 2.52. The molecule has 0 aromatic carbocycles. The van der Waals surface area contributed by atoms with Gasteiger partial charge in [0, 0.05) is 4.48 Å². The van der Waals surface area contributed by atoms with Crippen LogP contribution in [0.4, 0.5) is 0 Å². The zero-order valence-corrected chi connectivity index (χ0v) is 7.70. The summed E-state index contributed by atoms with van der Waals surface area (Å²) >= 11 is 6.36. The Morgan fingerprint density at radius 3 is 2.56 bits per heavy atom. The van der Waals surface area contributed by atoms with Gasteiger partial charge in [-0.2, -0.15) is 0 Å². The van der Waals surface area contributed by atoms with Gasteiger partial charge in [0.15, 0.2) is 5.78 Å². The van der Waals surface area contributed by atoms with Crippen molar-refractivity contribution in [3.63, 3.8) is 0 Å². The van der Waals surface area contributed by atoms with Crippen LogP contribution >= 0.6 is 31.9 Å². The minimum atomic E-state index is 0.0353. The van der Waals surface area contributed by atoms with E-state index < -0.39 is 0 Å². The first kappa shape index (κ1) is 7.22. The molecule has 1 nitrogen and oxygen atoms in total. The summed E-state index contributed by atoms with van der Waals surface area (Å²) in [6.07, 6.45) is 4.23. The van der Waals surface area contributed by atoms with E-state index in [9.17, 15) is 4.79 Å². The standard InChI is InChI=1S/C6H4Br2O/c7-4-1-2-5(8)6(9)3-4/h2-3H,1H2. The second-order valence-electron chi connectivity index (χ2n) is 1.71. The predicted molar refractivity (Wildman–Crippen MR) is 43.6 cm³/mol. The molecule has 1 aliphatic carbocycles. The normalized spacial score (nSPS) is 19.1. The molecule has 3 heteroatoms. The number of halogens is 2. The Morgan fingerprint density at radius 1 is 1.44 bits per heavy atom. The third kappa shape index (κ3) is 1.76. The van der Waals surface area contributed by atoms with Gasteiger partial charge in [-0.25, -0.2) is 0 Å². The maximum Gasteiger partial charge on any atom is 0.193 e. The van der Waals surface area contributed by atoms with Crippen LogP contribution in [0.3, 0.4) is 0 Å². The molecule has 0 fully saturated rings. The molecule has 0 heterocycles. The van der Waals surface area contributed by atoms with Gasteiger partial charge >= 0.3 is 0 Å². The number of ketones is 1. The molecule has 1 aliphatic rings. The quantitative estimate of drug-likeness (QED) is 0.647. The molecule has 0 amide bonds. The van der Waals surface area contributed by atoms with Crippen molar-refractivity contribution in [2.75, 3.05) is 0 Å². The van der Waals surface area contributed by atoms with Crippen LogP contribution in [0.15, 0.2) is 21.1 Å². The Hall–Kier alpha value is 0.110. The second kappa shape index (κ2) is 2.80. The first-order valence-corrected chi connectivity index (χ1v) is 4.05. The average Bonchev–Trinajstić information content (AvgIpc) is 1.80. The summed E-state index contributed by atoms with van der Waals surface area (Å²) in [4.78, 5) is 10.8. The number of carbonyl (C=O) groups is 1. The van der Waals surface area contributed by atoms with Crippen molar-refractivity contribution < 1.29 is 4.79 Å². The molecule has 9 heavy (non-hydrogen) atoms. The average molecular weight is 252 g/mol. The van der Waals surface area contributed by atoms with Crippen molar-refractivity contribution in [1.82, 2.24) is 0 Å². The van der Waals surface area contributed by atoms with E-state index in [2.05, 4.69) is 31.9 Å². The second-order valence-corrected chi connectivity index (χ2v) is 3.58. The van der Waals surface area contributed by atoms with Gasteiger partial charge in [0.1, 0.15) is 0 Å². The summed E-state index contributed by atoms with van der Waals surface area (Å²) < 4.78 is 1.60. The largest absolute Gasteiger partial charge is 0.289 e. The van der Waals surface area contributed by atoms with Crippen LogP contribution < -0.4 is 0 Å². The fraction of sp³-hybridized carbons (Fsp3) is 0.167. The van der Waals surface area contributed by atoms with Crippen molar-refractivity contribution in [3.05, 3.63) is 21.1 Å². The Labute approximate surface area is 70.1 Å². The van der Waals surface area contributed by atoms with Crippen molar-refractivity contribution in [2.45, 2.75) is 6.42 Å². The maximum absolute atomic E-state index is 10.8. The van der Waals surface area contributed by atoms with Gasteiger partial charge in [-0.05, 0) is 28.4 Å². The summed E-state index contributed by atoms with van der Waals surface area (Å²) in [7, 11) is 0. The molecule has 0 N–H and O–H groups in total. The lowest BCUT2D eigenvalue weighted by Gasteiger charge is -2.00. The molecule has 0 aliphatic heterocycles. The molecule has 0 bridgehead atoms. The van der Waals surface area contributed by atoms with E-state index in [1.54, 1.807) is 6.08 Å². The highest BCUT2D eigenvalue weighted by Gasteiger charge is 2.07. The molecule has 0 aromatic heterocycles. The van der Waals surface area contributed by atoms with E-state index >= 15 is 0 Å². The van der Waals surface area contributed by atoms with Gasteiger partial charge in [-0.1, -0.05) is 22.0 Å². The van der Waals surface area contributed by atoms with Crippen LogP contribution in [-0.4, -0.2) is 5.78 Å². The lowest BCUT2D eigenvalue weighted by molar-refractivity contribution is -0.110. The molecule has 0 aromatic rings. The molecule has 1 rings (SSSR count). The Bertz CT molecular complexity index is 203. The van der Waals surface area contributed by atoms with Gasteiger partial charge in [-0.15, -0.1) is 0 Å². The number of rotatable bonds is 0. The van der Waals surface area contributed by atoms with E-state index in [1.807, 2.05) is 6.08 Å². The molecular weight excluding hydrogens is 248 g/mol. The Balaban J connectivity index is 2.82. The van der Waals surface area contributed by atoms with E-state index in [0.717, 1.165) is 10.9 Å². The summed E-state index contributed by atoms with van der Waals surface area (Å²) in [6, 6.07) is 0. The minimum absolute atomic E-state index is 0.0353.